The van der Waals surface area contributed by atoms with Gasteiger partial charge in [0.05, 0.1) is 24.1 Å². The predicted molar refractivity (Wildman–Crippen MR) is 142 cm³/mol. The van der Waals surface area contributed by atoms with E-state index in [1.807, 2.05) is 62.4 Å². The number of amides is 1. The Morgan fingerprint density at radius 3 is 2.25 bits per heavy atom. The van der Waals surface area contributed by atoms with Crippen LogP contribution in [0.5, 0.6) is 5.75 Å². The first kappa shape index (κ1) is 23.9. The Labute approximate surface area is 211 Å². The quantitative estimate of drug-likeness (QED) is 0.323. The molecule has 0 spiro atoms. The third-order valence-corrected chi connectivity index (χ3v) is 7.30. The minimum atomic E-state index is -0.491. The van der Waals surface area contributed by atoms with Crippen LogP contribution in [0.25, 0.3) is 11.0 Å². The van der Waals surface area contributed by atoms with E-state index in [1.54, 1.807) is 12.0 Å². The van der Waals surface area contributed by atoms with Crippen LogP contribution in [0.2, 0.25) is 0 Å². The molecule has 0 saturated carbocycles. The molecule has 1 atom stereocenters. The number of fused-ring (bicyclic) bond motifs is 2. The van der Waals surface area contributed by atoms with Crippen LogP contribution in [0.3, 0.4) is 0 Å². The van der Waals surface area contributed by atoms with Gasteiger partial charge < -0.3 is 14.1 Å². The Balaban J connectivity index is 1.61. The molecule has 5 nitrogen and oxygen atoms in total. The molecule has 0 saturated heterocycles. The van der Waals surface area contributed by atoms with Gasteiger partial charge in [-0.15, -0.1) is 0 Å². The number of methoxy groups -OCH3 is 1. The molecule has 0 aliphatic carbocycles. The first-order valence-corrected chi connectivity index (χ1v) is 12.4. The molecular weight excluding hydrogens is 450 g/mol. The van der Waals surface area contributed by atoms with Gasteiger partial charge in [0.2, 0.25) is 5.76 Å². The maximum Gasteiger partial charge on any atom is 0.290 e. The van der Waals surface area contributed by atoms with Gasteiger partial charge in [0, 0.05) is 6.54 Å². The largest absolute Gasteiger partial charge is 0.497 e. The summed E-state index contributed by atoms with van der Waals surface area (Å²) in [6.07, 6.45) is 0.649. The van der Waals surface area contributed by atoms with Crippen LogP contribution in [0.15, 0.2) is 69.9 Å². The third kappa shape index (κ3) is 4.09. The van der Waals surface area contributed by atoms with E-state index in [-0.39, 0.29) is 17.1 Å². The van der Waals surface area contributed by atoms with Crippen molar-refractivity contribution in [1.82, 2.24) is 4.90 Å². The lowest BCUT2D eigenvalue weighted by molar-refractivity contribution is 0.0730. The van der Waals surface area contributed by atoms with E-state index >= 15 is 0 Å². The number of ether oxygens (including phenoxy) is 1. The molecule has 1 aliphatic rings. The molecule has 0 radical (unpaired) electrons. The zero-order valence-corrected chi connectivity index (χ0v) is 21.4. The molecule has 2 heterocycles. The molecule has 0 N–H and O–H groups in total. The molecule has 1 unspecified atom stereocenters. The lowest BCUT2D eigenvalue weighted by Gasteiger charge is -2.25. The number of benzene rings is 3. The Kier molecular flexibility index (Phi) is 6.17. The fraction of sp³-hybridized carbons (Fsp3) is 0.290. The fourth-order valence-electron chi connectivity index (χ4n) is 4.96. The molecular formula is C31H31NO4. The second kappa shape index (κ2) is 9.30. The van der Waals surface area contributed by atoms with Crippen LogP contribution in [-0.4, -0.2) is 24.5 Å². The smallest absolute Gasteiger partial charge is 0.290 e. The summed E-state index contributed by atoms with van der Waals surface area (Å²) in [5, 5.41) is 0.519. The van der Waals surface area contributed by atoms with Crippen molar-refractivity contribution >= 4 is 16.9 Å². The highest BCUT2D eigenvalue weighted by Gasteiger charge is 2.42. The van der Waals surface area contributed by atoms with E-state index in [1.165, 1.54) is 5.56 Å². The highest BCUT2D eigenvalue weighted by molar-refractivity contribution is 5.99. The Bertz CT molecular complexity index is 1500. The summed E-state index contributed by atoms with van der Waals surface area (Å²) in [4.78, 5) is 29.3. The van der Waals surface area contributed by atoms with Crippen molar-refractivity contribution in [2.75, 3.05) is 13.7 Å². The molecule has 4 aromatic rings. The first-order chi connectivity index (χ1) is 17.3. The maximum absolute atomic E-state index is 13.8. The van der Waals surface area contributed by atoms with Gasteiger partial charge in [-0.25, -0.2) is 0 Å². The van der Waals surface area contributed by atoms with Crippen LogP contribution in [0.4, 0.5) is 0 Å². The average molecular weight is 482 g/mol. The first-order valence-electron chi connectivity index (χ1n) is 12.4. The molecule has 184 valence electrons. The van der Waals surface area contributed by atoms with E-state index < -0.39 is 6.04 Å². The summed E-state index contributed by atoms with van der Waals surface area (Å²) in [7, 11) is 1.64. The van der Waals surface area contributed by atoms with Gasteiger partial charge in [0.15, 0.2) is 5.43 Å². The number of carbonyl (C=O) groups excluding carboxylic acids is 1. The summed E-state index contributed by atoms with van der Waals surface area (Å²) in [6.45, 7) is 8.71. The lowest BCUT2D eigenvalue weighted by atomic mass is 9.94. The van der Waals surface area contributed by atoms with Crippen molar-refractivity contribution in [2.24, 2.45) is 0 Å². The van der Waals surface area contributed by atoms with Crippen molar-refractivity contribution in [3.05, 3.63) is 110 Å². The second-order valence-electron chi connectivity index (χ2n) is 9.93. The Hall–Kier alpha value is -3.86. The van der Waals surface area contributed by atoms with Gasteiger partial charge in [-0.05, 0) is 78.3 Å². The lowest BCUT2D eigenvalue weighted by Crippen LogP contribution is -2.31. The van der Waals surface area contributed by atoms with Gasteiger partial charge in [-0.1, -0.05) is 50.2 Å². The van der Waals surface area contributed by atoms with Crippen molar-refractivity contribution in [2.45, 2.75) is 46.1 Å². The van der Waals surface area contributed by atoms with Gasteiger partial charge >= 0.3 is 0 Å². The zero-order valence-electron chi connectivity index (χ0n) is 21.4. The molecule has 3 aromatic carbocycles. The minimum Gasteiger partial charge on any atom is -0.497 e. The number of carbonyl (C=O) groups is 1. The molecule has 36 heavy (non-hydrogen) atoms. The van der Waals surface area contributed by atoms with E-state index in [0.717, 1.165) is 28.0 Å². The third-order valence-electron chi connectivity index (χ3n) is 7.30. The Morgan fingerprint density at radius 1 is 0.944 bits per heavy atom. The fourth-order valence-corrected chi connectivity index (χ4v) is 4.96. The average Bonchev–Trinajstić information content (AvgIpc) is 3.16. The van der Waals surface area contributed by atoms with Gasteiger partial charge in [-0.3, -0.25) is 9.59 Å². The van der Waals surface area contributed by atoms with E-state index in [4.69, 9.17) is 9.15 Å². The Morgan fingerprint density at radius 2 is 1.61 bits per heavy atom. The number of hydrogen-bond acceptors (Lipinski definition) is 4. The van der Waals surface area contributed by atoms with Crippen LogP contribution in [0, 0.1) is 13.8 Å². The molecule has 0 bridgehead atoms. The topological polar surface area (TPSA) is 59.8 Å². The summed E-state index contributed by atoms with van der Waals surface area (Å²) >= 11 is 0. The molecule has 1 amide bonds. The van der Waals surface area contributed by atoms with Gasteiger partial charge in [0.25, 0.3) is 5.91 Å². The summed E-state index contributed by atoms with van der Waals surface area (Å²) in [5.41, 5.74) is 6.02. The summed E-state index contributed by atoms with van der Waals surface area (Å²) < 4.78 is 11.4. The highest BCUT2D eigenvalue weighted by Crippen LogP contribution is 2.39. The maximum atomic E-state index is 13.8. The standard InChI is InChI=1S/C31H31NO4/c1-18(2)22-8-10-23(11-9-22)28-27-29(33)25-16-19(3)20(4)17-26(25)36-30(27)31(34)32(28)15-14-21-6-12-24(35-5)13-7-21/h6-13,16-18,28H,14-15H2,1-5H3. The zero-order chi connectivity index (χ0) is 25.6. The predicted octanol–water partition coefficient (Wildman–Crippen LogP) is 6.33. The number of rotatable bonds is 6. The monoisotopic (exact) mass is 481 g/mol. The normalized spacial score (nSPS) is 15.1. The van der Waals surface area contributed by atoms with E-state index in [9.17, 15) is 9.59 Å². The van der Waals surface area contributed by atoms with Crippen molar-refractivity contribution in [3.63, 3.8) is 0 Å². The number of aryl methyl sites for hydroxylation is 2. The van der Waals surface area contributed by atoms with E-state index in [0.29, 0.717) is 35.4 Å². The van der Waals surface area contributed by atoms with Crippen LogP contribution in [0.1, 0.15) is 69.7 Å². The number of hydrogen-bond donors (Lipinski definition) is 0. The summed E-state index contributed by atoms with van der Waals surface area (Å²) in [5.74, 6) is 1.10. The van der Waals surface area contributed by atoms with Crippen molar-refractivity contribution in [3.8, 4) is 5.75 Å². The minimum absolute atomic E-state index is 0.132. The van der Waals surface area contributed by atoms with Gasteiger partial charge in [0.1, 0.15) is 11.3 Å². The van der Waals surface area contributed by atoms with E-state index in [2.05, 4.69) is 26.0 Å². The van der Waals surface area contributed by atoms with Crippen molar-refractivity contribution in [1.29, 1.82) is 0 Å². The molecule has 0 fully saturated rings. The highest BCUT2D eigenvalue weighted by atomic mass is 16.5. The molecule has 1 aromatic heterocycles. The summed E-state index contributed by atoms with van der Waals surface area (Å²) in [6, 6.07) is 19.3. The number of nitrogens with zero attached hydrogens (tertiary/aromatic N) is 1. The van der Waals surface area contributed by atoms with Crippen LogP contribution < -0.4 is 10.2 Å². The van der Waals surface area contributed by atoms with Crippen molar-refractivity contribution < 1.29 is 13.9 Å². The molecule has 1 aliphatic heterocycles. The SMILES string of the molecule is COc1ccc(CCN2C(=O)c3oc4cc(C)c(C)cc4c(=O)c3C2c2ccc(C(C)C)cc2)cc1. The van der Waals surface area contributed by atoms with Gasteiger partial charge in [-0.2, -0.15) is 0 Å². The van der Waals surface area contributed by atoms with Crippen LogP contribution >= 0.6 is 0 Å². The second-order valence-corrected chi connectivity index (χ2v) is 9.93. The molecule has 5 rings (SSSR count). The molecule has 5 heteroatoms. The van der Waals surface area contributed by atoms with Crippen LogP contribution in [-0.2, 0) is 6.42 Å².